The highest BCUT2D eigenvalue weighted by Gasteiger charge is 2.16. The van der Waals surface area contributed by atoms with Crippen molar-refractivity contribution in [3.05, 3.63) is 65.2 Å². The topological polar surface area (TPSA) is 88.4 Å². The number of halogens is 1. The van der Waals surface area contributed by atoms with Crippen molar-refractivity contribution in [3.8, 4) is 11.8 Å². The van der Waals surface area contributed by atoms with Gasteiger partial charge in [0.2, 0.25) is 0 Å². The molecule has 1 amide bonds. The van der Waals surface area contributed by atoms with E-state index in [1.54, 1.807) is 54.6 Å². The van der Waals surface area contributed by atoms with Gasteiger partial charge in [0, 0.05) is 16.8 Å². The Labute approximate surface area is 162 Å². The molecule has 6 nitrogen and oxygen atoms in total. The lowest BCUT2D eigenvalue weighted by Gasteiger charge is -2.12. The van der Waals surface area contributed by atoms with Crippen LogP contribution in [0.2, 0.25) is 5.02 Å². The predicted octanol–water partition coefficient (Wildman–Crippen LogP) is 3.83. The van der Waals surface area contributed by atoms with E-state index < -0.39 is 18.0 Å². The van der Waals surface area contributed by atoms with Crippen molar-refractivity contribution in [1.82, 2.24) is 0 Å². The lowest BCUT2D eigenvalue weighted by molar-refractivity contribution is -0.148. The van der Waals surface area contributed by atoms with Gasteiger partial charge >= 0.3 is 5.97 Å². The zero-order chi connectivity index (χ0) is 19.6. The normalized spacial score (nSPS) is 11.4. The molecule has 138 valence electrons. The maximum absolute atomic E-state index is 12.0. The average Bonchev–Trinajstić information content (AvgIpc) is 2.67. The number of hydrogen-bond donors (Lipinski definition) is 1. The number of carbonyl (C=O) groups excluding carboxylic acids is 2. The second kappa shape index (κ2) is 10.00. The highest BCUT2D eigenvalue weighted by molar-refractivity contribution is 6.30. The zero-order valence-electron chi connectivity index (χ0n) is 14.5. The number of benzene rings is 2. The molecular formula is C20H17ClN2O4. The van der Waals surface area contributed by atoms with Gasteiger partial charge in [-0.15, -0.1) is 0 Å². The summed E-state index contributed by atoms with van der Waals surface area (Å²) in [5, 5.41) is 11.7. The van der Waals surface area contributed by atoms with Crippen molar-refractivity contribution in [3.63, 3.8) is 0 Å². The summed E-state index contributed by atoms with van der Waals surface area (Å²) in [5.41, 5.74) is 1.30. The number of nitrogens with zero attached hydrogens (tertiary/aromatic N) is 1. The Morgan fingerprint density at radius 1 is 1.19 bits per heavy atom. The highest BCUT2D eigenvalue weighted by atomic mass is 35.5. The van der Waals surface area contributed by atoms with E-state index in [2.05, 4.69) is 5.32 Å². The summed E-state index contributed by atoms with van der Waals surface area (Å²) in [6.07, 6.45) is 1.83. The first-order chi connectivity index (χ1) is 13.0. The molecule has 2 rings (SSSR count). The minimum atomic E-state index is -0.959. The fourth-order valence-corrected chi connectivity index (χ4v) is 2.13. The molecule has 1 atom stereocenters. The number of nitriles is 1. The van der Waals surface area contributed by atoms with Gasteiger partial charge in [-0.25, -0.2) is 4.79 Å². The zero-order valence-corrected chi connectivity index (χ0v) is 15.3. The van der Waals surface area contributed by atoms with Crippen LogP contribution in [0.15, 0.2) is 54.6 Å². The summed E-state index contributed by atoms with van der Waals surface area (Å²) >= 11 is 5.79. The highest BCUT2D eigenvalue weighted by Crippen LogP contribution is 2.15. The van der Waals surface area contributed by atoms with Crippen LogP contribution < -0.4 is 10.1 Å². The Morgan fingerprint density at radius 2 is 1.85 bits per heavy atom. The third-order valence-electron chi connectivity index (χ3n) is 3.37. The number of ether oxygens (including phenoxy) is 2. The third kappa shape index (κ3) is 6.84. The van der Waals surface area contributed by atoms with Crippen LogP contribution in [-0.4, -0.2) is 24.6 Å². The van der Waals surface area contributed by atoms with Gasteiger partial charge in [0.25, 0.3) is 5.91 Å². The molecule has 2 aromatic rings. The summed E-state index contributed by atoms with van der Waals surface area (Å²) in [6, 6.07) is 15.3. The Kier molecular flexibility index (Phi) is 7.41. The Balaban J connectivity index is 1.84. The monoisotopic (exact) mass is 384 g/mol. The quantitative estimate of drug-likeness (QED) is 0.579. The molecule has 0 saturated carbocycles. The number of amides is 1. The van der Waals surface area contributed by atoms with E-state index in [-0.39, 0.29) is 6.61 Å². The molecule has 7 heteroatoms. The molecule has 0 spiro atoms. The fraction of sp³-hybridized carbons (Fsp3) is 0.150. The molecular weight excluding hydrogens is 368 g/mol. The first kappa shape index (κ1) is 20.0. The average molecular weight is 385 g/mol. The van der Waals surface area contributed by atoms with E-state index in [1.165, 1.54) is 13.0 Å². The number of hydrogen-bond acceptors (Lipinski definition) is 5. The molecule has 0 aliphatic heterocycles. The van der Waals surface area contributed by atoms with Gasteiger partial charge in [-0.2, -0.15) is 5.26 Å². The van der Waals surface area contributed by atoms with Gasteiger partial charge in [-0.3, -0.25) is 4.79 Å². The van der Waals surface area contributed by atoms with E-state index in [0.717, 1.165) is 5.56 Å². The molecule has 0 fully saturated rings. The molecule has 0 aliphatic carbocycles. The van der Waals surface area contributed by atoms with E-state index in [0.29, 0.717) is 16.5 Å². The van der Waals surface area contributed by atoms with Gasteiger partial charge < -0.3 is 14.8 Å². The largest absolute Gasteiger partial charge is 0.479 e. The van der Waals surface area contributed by atoms with Gasteiger partial charge in [0.05, 0.1) is 0 Å². The van der Waals surface area contributed by atoms with E-state index >= 15 is 0 Å². The van der Waals surface area contributed by atoms with Crippen molar-refractivity contribution in [1.29, 1.82) is 5.26 Å². The Hall–Kier alpha value is -3.30. The van der Waals surface area contributed by atoms with E-state index in [9.17, 15) is 9.59 Å². The summed E-state index contributed by atoms with van der Waals surface area (Å²) in [6.45, 7) is 1.45. The lowest BCUT2D eigenvalue weighted by atomic mass is 10.2. The lowest BCUT2D eigenvalue weighted by Crippen LogP contribution is -2.29. The van der Waals surface area contributed by atoms with Gasteiger partial charge in [-0.1, -0.05) is 23.7 Å². The summed E-state index contributed by atoms with van der Waals surface area (Å²) in [7, 11) is 0. The van der Waals surface area contributed by atoms with Crippen molar-refractivity contribution in [2.75, 3.05) is 11.9 Å². The molecule has 0 saturated heterocycles. The van der Waals surface area contributed by atoms with Crippen LogP contribution in [0.4, 0.5) is 5.69 Å². The Morgan fingerprint density at radius 3 is 2.48 bits per heavy atom. The molecule has 0 radical (unpaired) electrons. The second-order valence-electron chi connectivity index (χ2n) is 5.42. The summed E-state index contributed by atoms with van der Waals surface area (Å²) in [4.78, 5) is 23.9. The SMILES string of the molecule is CC(OC(=O)/C=C/c1ccc(OCC#N)cc1)C(=O)Nc1ccc(Cl)cc1. The van der Waals surface area contributed by atoms with Crippen LogP contribution in [0.3, 0.4) is 0 Å². The Bertz CT molecular complexity index is 855. The molecule has 0 heterocycles. The first-order valence-corrected chi connectivity index (χ1v) is 8.40. The number of anilines is 1. The minimum absolute atomic E-state index is 0.0303. The number of esters is 1. The summed E-state index contributed by atoms with van der Waals surface area (Å²) < 4.78 is 10.2. The standard InChI is InChI=1S/C20H17ClN2O4/c1-14(20(25)23-17-7-5-16(21)6-8-17)27-19(24)11-4-15-2-9-18(10-3-15)26-13-12-22/h2-11,14H,13H2,1H3,(H,23,25)/b11-4+. The predicted molar refractivity (Wildman–Crippen MR) is 102 cm³/mol. The van der Waals surface area contributed by atoms with E-state index in [4.69, 9.17) is 26.3 Å². The molecule has 0 bridgehead atoms. The van der Waals surface area contributed by atoms with Gasteiger partial charge in [0.15, 0.2) is 12.7 Å². The fourth-order valence-electron chi connectivity index (χ4n) is 2.00. The molecule has 27 heavy (non-hydrogen) atoms. The van der Waals surface area contributed by atoms with E-state index in [1.807, 2.05) is 6.07 Å². The van der Waals surface area contributed by atoms with Crippen LogP contribution in [-0.2, 0) is 14.3 Å². The smallest absolute Gasteiger partial charge is 0.331 e. The maximum atomic E-state index is 12.0. The van der Waals surface area contributed by atoms with Crippen LogP contribution in [0.25, 0.3) is 6.08 Å². The minimum Gasteiger partial charge on any atom is -0.479 e. The maximum Gasteiger partial charge on any atom is 0.331 e. The van der Waals surface area contributed by atoms with Crippen molar-refractivity contribution >= 4 is 35.2 Å². The van der Waals surface area contributed by atoms with Crippen molar-refractivity contribution in [2.24, 2.45) is 0 Å². The number of rotatable bonds is 7. The third-order valence-corrected chi connectivity index (χ3v) is 3.62. The van der Waals surface area contributed by atoms with Crippen LogP contribution in [0, 0.1) is 11.3 Å². The van der Waals surface area contributed by atoms with Crippen LogP contribution in [0.1, 0.15) is 12.5 Å². The van der Waals surface area contributed by atoms with Gasteiger partial charge in [0.1, 0.15) is 11.8 Å². The first-order valence-electron chi connectivity index (χ1n) is 8.03. The van der Waals surface area contributed by atoms with Gasteiger partial charge in [-0.05, 0) is 55.0 Å². The van der Waals surface area contributed by atoms with Crippen molar-refractivity contribution in [2.45, 2.75) is 13.0 Å². The summed E-state index contributed by atoms with van der Waals surface area (Å²) in [5.74, 6) is -0.527. The number of nitrogens with one attached hydrogen (secondary N) is 1. The second-order valence-corrected chi connectivity index (χ2v) is 5.86. The molecule has 1 unspecified atom stereocenters. The van der Waals surface area contributed by atoms with Crippen LogP contribution in [0.5, 0.6) is 5.75 Å². The molecule has 2 aromatic carbocycles. The molecule has 0 aromatic heterocycles. The molecule has 0 aliphatic rings. The number of carbonyl (C=O) groups is 2. The van der Waals surface area contributed by atoms with Crippen molar-refractivity contribution < 1.29 is 19.1 Å². The van der Waals surface area contributed by atoms with Crippen LogP contribution >= 0.6 is 11.6 Å². The molecule has 1 N–H and O–H groups in total.